The Labute approximate surface area is 129 Å². The van der Waals surface area contributed by atoms with Crippen molar-refractivity contribution < 1.29 is 5.11 Å². The molecule has 0 amide bonds. The lowest BCUT2D eigenvalue weighted by Gasteiger charge is -2.44. The first-order chi connectivity index (χ1) is 10.2. The lowest BCUT2D eigenvalue weighted by Crippen LogP contribution is -2.40. The number of nitrogens with zero attached hydrogens (tertiary/aromatic N) is 2. The first-order valence-corrected chi connectivity index (χ1v) is 8.66. The summed E-state index contributed by atoms with van der Waals surface area (Å²) in [4.78, 5) is 0. The van der Waals surface area contributed by atoms with Gasteiger partial charge in [-0.05, 0) is 49.4 Å². The molecule has 2 bridgehead atoms. The van der Waals surface area contributed by atoms with Gasteiger partial charge in [0.15, 0.2) is 0 Å². The summed E-state index contributed by atoms with van der Waals surface area (Å²) in [6.45, 7) is 0. The molecular formula is C17H20N2OS. The Morgan fingerprint density at radius 3 is 2.48 bits per heavy atom. The Bertz CT molecular complexity index is 596. The highest BCUT2D eigenvalue weighted by Gasteiger charge is 2.42. The van der Waals surface area contributed by atoms with E-state index >= 15 is 0 Å². The van der Waals surface area contributed by atoms with Gasteiger partial charge in [0.1, 0.15) is 0 Å². The number of benzene rings is 1. The molecule has 0 spiro atoms. The summed E-state index contributed by atoms with van der Waals surface area (Å²) < 4.78 is 1.85. The fourth-order valence-corrected chi connectivity index (χ4v) is 5.59. The van der Waals surface area contributed by atoms with Gasteiger partial charge in [-0.25, -0.2) is 4.68 Å². The molecule has 1 aromatic heterocycles. The normalized spacial score (nSPS) is 32.0. The molecule has 2 atom stereocenters. The van der Waals surface area contributed by atoms with Crippen LogP contribution in [0.25, 0.3) is 5.69 Å². The van der Waals surface area contributed by atoms with Crippen LogP contribution in [-0.4, -0.2) is 25.4 Å². The summed E-state index contributed by atoms with van der Waals surface area (Å²) in [5.74, 6) is 0. The molecule has 3 nitrogen and oxygen atoms in total. The zero-order chi connectivity index (χ0) is 14.3. The molecule has 2 aliphatic rings. The van der Waals surface area contributed by atoms with Crippen molar-refractivity contribution in [2.45, 2.75) is 48.2 Å². The SMILES string of the molecule is OC1(c2ccc(-n3cccn3)cc2)CC2CCCC(C1)S2. The van der Waals surface area contributed by atoms with Crippen LogP contribution >= 0.6 is 11.8 Å². The van der Waals surface area contributed by atoms with Crippen LogP contribution in [0.3, 0.4) is 0 Å². The minimum Gasteiger partial charge on any atom is -0.385 e. The number of aliphatic hydroxyl groups is 1. The van der Waals surface area contributed by atoms with Crippen molar-refractivity contribution in [2.75, 3.05) is 0 Å². The molecule has 2 aromatic rings. The number of aromatic nitrogens is 2. The first kappa shape index (κ1) is 13.4. The molecule has 3 heterocycles. The van der Waals surface area contributed by atoms with Crippen LogP contribution in [0.4, 0.5) is 0 Å². The molecule has 4 rings (SSSR count). The van der Waals surface area contributed by atoms with Crippen molar-refractivity contribution in [3.05, 3.63) is 48.3 Å². The Morgan fingerprint density at radius 2 is 1.86 bits per heavy atom. The van der Waals surface area contributed by atoms with Gasteiger partial charge < -0.3 is 5.11 Å². The van der Waals surface area contributed by atoms with Crippen molar-refractivity contribution in [2.24, 2.45) is 0 Å². The topological polar surface area (TPSA) is 38.0 Å². The molecular weight excluding hydrogens is 280 g/mol. The minimum absolute atomic E-state index is 0.633. The van der Waals surface area contributed by atoms with Crippen LogP contribution < -0.4 is 0 Å². The van der Waals surface area contributed by atoms with Gasteiger partial charge in [-0.3, -0.25) is 0 Å². The molecule has 0 saturated carbocycles. The van der Waals surface area contributed by atoms with Gasteiger partial charge in [0.05, 0.1) is 11.3 Å². The molecule has 2 saturated heterocycles. The van der Waals surface area contributed by atoms with Gasteiger partial charge in [0.25, 0.3) is 0 Å². The second kappa shape index (κ2) is 5.18. The third-order valence-corrected chi connectivity index (χ3v) is 6.32. The fourth-order valence-electron chi connectivity index (χ4n) is 3.70. The van der Waals surface area contributed by atoms with Crippen LogP contribution in [0.1, 0.15) is 37.7 Å². The van der Waals surface area contributed by atoms with Crippen LogP contribution in [0.5, 0.6) is 0 Å². The number of fused-ring (bicyclic) bond motifs is 2. The van der Waals surface area contributed by atoms with Gasteiger partial charge in [-0.2, -0.15) is 16.9 Å². The maximum Gasteiger partial charge on any atom is 0.0917 e. The Balaban J connectivity index is 1.60. The van der Waals surface area contributed by atoms with E-state index in [4.69, 9.17) is 0 Å². The molecule has 1 aromatic carbocycles. The van der Waals surface area contributed by atoms with Crippen LogP contribution in [0.15, 0.2) is 42.7 Å². The van der Waals surface area contributed by atoms with Gasteiger partial charge in [0.2, 0.25) is 0 Å². The zero-order valence-corrected chi connectivity index (χ0v) is 12.8. The van der Waals surface area contributed by atoms with Crippen LogP contribution in [0, 0.1) is 0 Å². The second-order valence-corrected chi connectivity index (χ2v) is 7.85. The molecule has 4 heteroatoms. The predicted octanol–water partition coefficient (Wildman–Crippen LogP) is 3.51. The molecule has 2 fully saturated rings. The third-order valence-electron chi connectivity index (χ3n) is 4.74. The van der Waals surface area contributed by atoms with Crippen molar-refractivity contribution in [3.63, 3.8) is 0 Å². The van der Waals surface area contributed by atoms with E-state index < -0.39 is 5.60 Å². The highest BCUT2D eigenvalue weighted by molar-refractivity contribution is 8.00. The molecule has 2 unspecified atom stereocenters. The Kier molecular flexibility index (Phi) is 3.31. The van der Waals surface area contributed by atoms with Gasteiger partial charge in [-0.15, -0.1) is 0 Å². The quantitative estimate of drug-likeness (QED) is 0.922. The van der Waals surface area contributed by atoms with Gasteiger partial charge in [0, 0.05) is 22.9 Å². The number of thioether (sulfide) groups is 1. The van der Waals surface area contributed by atoms with Crippen molar-refractivity contribution in [1.82, 2.24) is 9.78 Å². The molecule has 21 heavy (non-hydrogen) atoms. The molecule has 0 aliphatic carbocycles. The van der Waals surface area contributed by atoms with Gasteiger partial charge in [-0.1, -0.05) is 18.6 Å². The number of rotatable bonds is 2. The van der Waals surface area contributed by atoms with E-state index in [9.17, 15) is 5.11 Å². The fraction of sp³-hybridized carbons (Fsp3) is 0.471. The third kappa shape index (κ3) is 2.51. The number of hydrogen-bond acceptors (Lipinski definition) is 3. The van der Waals surface area contributed by atoms with Crippen LogP contribution in [-0.2, 0) is 5.60 Å². The lowest BCUT2D eigenvalue weighted by atomic mass is 9.80. The summed E-state index contributed by atoms with van der Waals surface area (Å²) in [6.07, 6.45) is 9.36. The Morgan fingerprint density at radius 1 is 1.14 bits per heavy atom. The van der Waals surface area contributed by atoms with E-state index in [-0.39, 0.29) is 0 Å². The average Bonchev–Trinajstić information content (AvgIpc) is 3.01. The van der Waals surface area contributed by atoms with Crippen molar-refractivity contribution in [3.8, 4) is 5.69 Å². The maximum atomic E-state index is 11.1. The highest BCUT2D eigenvalue weighted by Crippen LogP contribution is 2.49. The Hall–Kier alpha value is -1.26. The van der Waals surface area contributed by atoms with Gasteiger partial charge >= 0.3 is 0 Å². The van der Waals surface area contributed by atoms with E-state index in [1.54, 1.807) is 6.20 Å². The van der Waals surface area contributed by atoms with Crippen molar-refractivity contribution >= 4 is 11.8 Å². The van der Waals surface area contributed by atoms with E-state index in [1.165, 1.54) is 19.3 Å². The monoisotopic (exact) mass is 300 g/mol. The van der Waals surface area contributed by atoms with Crippen molar-refractivity contribution in [1.29, 1.82) is 0 Å². The predicted molar refractivity (Wildman–Crippen MR) is 85.7 cm³/mol. The summed E-state index contributed by atoms with van der Waals surface area (Å²) in [5, 5.41) is 16.6. The van der Waals surface area contributed by atoms with E-state index in [2.05, 4.69) is 41.1 Å². The smallest absolute Gasteiger partial charge is 0.0917 e. The zero-order valence-electron chi connectivity index (χ0n) is 12.0. The first-order valence-electron chi connectivity index (χ1n) is 7.71. The molecule has 1 N–H and O–H groups in total. The maximum absolute atomic E-state index is 11.1. The largest absolute Gasteiger partial charge is 0.385 e. The highest BCUT2D eigenvalue weighted by atomic mass is 32.2. The molecule has 0 radical (unpaired) electrons. The summed E-state index contributed by atoms with van der Waals surface area (Å²) >= 11 is 2.10. The molecule has 2 aliphatic heterocycles. The average molecular weight is 300 g/mol. The van der Waals surface area contributed by atoms with E-state index in [0.29, 0.717) is 10.5 Å². The summed E-state index contributed by atoms with van der Waals surface area (Å²) in [7, 11) is 0. The second-order valence-electron chi connectivity index (χ2n) is 6.25. The lowest BCUT2D eigenvalue weighted by molar-refractivity contribution is 0.00813. The summed E-state index contributed by atoms with van der Waals surface area (Å²) in [5.41, 5.74) is 1.47. The van der Waals surface area contributed by atoms with E-state index in [0.717, 1.165) is 24.1 Å². The summed E-state index contributed by atoms with van der Waals surface area (Å²) in [6, 6.07) is 10.2. The minimum atomic E-state index is -0.635. The van der Waals surface area contributed by atoms with E-state index in [1.807, 2.05) is 16.9 Å². The standard InChI is InChI=1S/C17H20N2OS/c20-17(11-15-3-1-4-16(12-17)21-15)13-5-7-14(8-6-13)19-10-2-9-18-19/h2,5-10,15-16,20H,1,3-4,11-12H2. The van der Waals surface area contributed by atoms with Crippen LogP contribution in [0.2, 0.25) is 0 Å². The number of hydrogen-bond donors (Lipinski definition) is 1. The molecule has 110 valence electrons.